The normalized spacial score (nSPS) is 11.2. The fraction of sp³-hybridized carbons (Fsp3) is 0.222. The minimum absolute atomic E-state index is 0.114. The molecule has 0 unspecified atom stereocenters. The minimum Gasteiger partial charge on any atom is -0.318 e. The summed E-state index contributed by atoms with van der Waals surface area (Å²) in [6.07, 6.45) is -4.86. The minimum atomic E-state index is -4.86. The smallest absolute Gasteiger partial charge is 0.318 e. The third-order valence-corrected chi connectivity index (χ3v) is 2.30. The van der Waals surface area contributed by atoms with E-state index in [2.05, 4.69) is 4.72 Å². The highest BCUT2D eigenvalue weighted by Crippen LogP contribution is 2.20. The Balaban J connectivity index is 2.65. The Morgan fingerprint density at radius 2 is 1.81 bits per heavy atom. The Hall–Kier alpha value is -1.21. The van der Waals surface area contributed by atoms with Crippen LogP contribution in [0, 0.1) is 0 Å². The van der Waals surface area contributed by atoms with E-state index >= 15 is 0 Å². The van der Waals surface area contributed by atoms with Gasteiger partial charge in [-0.25, -0.2) is 0 Å². The van der Waals surface area contributed by atoms with Gasteiger partial charge in [-0.3, -0.25) is 9.52 Å². The number of halogens is 3. The maximum atomic E-state index is 11.9. The van der Waals surface area contributed by atoms with E-state index in [0.717, 1.165) is 4.90 Å². The van der Waals surface area contributed by atoms with Crippen molar-refractivity contribution >= 4 is 23.5 Å². The molecule has 1 aromatic carbocycles. The number of amides is 1. The summed E-state index contributed by atoms with van der Waals surface area (Å²) < 4.78 is 38.5. The Labute approximate surface area is 94.5 Å². The molecule has 0 saturated carbocycles. The average Bonchev–Trinajstić information content (AvgIpc) is 2.20. The van der Waals surface area contributed by atoms with Crippen LogP contribution in [0.25, 0.3) is 0 Å². The Morgan fingerprint density at radius 3 is 2.25 bits per heavy atom. The molecule has 3 nitrogen and oxygen atoms in total. The monoisotopic (exact) mass is 250 g/mol. The van der Waals surface area contributed by atoms with Gasteiger partial charge in [0.2, 0.25) is 0 Å². The molecule has 16 heavy (non-hydrogen) atoms. The van der Waals surface area contributed by atoms with Crippen molar-refractivity contribution in [2.45, 2.75) is 11.1 Å². The molecule has 0 fully saturated rings. The number of alkyl halides is 3. The van der Waals surface area contributed by atoms with Gasteiger partial charge < -0.3 is 5.32 Å². The molecule has 0 saturated heterocycles. The van der Waals surface area contributed by atoms with E-state index in [4.69, 9.17) is 0 Å². The summed E-state index contributed by atoms with van der Waals surface area (Å²) in [5.41, 5.74) is 0.114. The lowest BCUT2D eigenvalue weighted by Gasteiger charge is -2.08. The molecule has 0 spiro atoms. The van der Waals surface area contributed by atoms with Gasteiger partial charge in [-0.15, -0.1) is 0 Å². The van der Waals surface area contributed by atoms with Crippen LogP contribution in [0.15, 0.2) is 29.2 Å². The molecule has 0 atom stereocenters. The predicted molar refractivity (Wildman–Crippen MR) is 56.0 cm³/mol. The third-order valence-electron chi connectivity index (χ3n) is 1.59. The lowest BCUT2D eigenvalue weighted by molar-refractivity contribution is -0.167. The highest BCUT2D eigenvalue weighted by atomic mass is 32.2. The first kappa shape index (κ1) is 12.9. The second-order valence-electron chi connectivity index (χ2n) is 2.78. The maximum absolute atomic E-state index is 11.9. The van der Waals surface area contributed by atoms with Crippen molar-refractivity contribution in [3.63, 3.8) is 0 Å². The summed E-state index contributed by atoms with van der Waals surface area (Å²) >= 11 is 1.32. The van der Waals surface area contributed by atoms with E-state index in [1.807, 2.05) is 0 Å². The molecule has 0 bridgehead atoms. The summed E-state index contributed by atoms with van der Waals surface area (Å²) in [6, 6.07) is 6.02. The zero-order valence-electron chi connectivity index (χ0n) is 8.26. The van der Waals surface area contributed by atoms with E-state index < -0.39 is 12.1 Å². The number of hydrogen-bond donors (Lipinski definition) is 2. The van der Waals surface area contributed by atoms with Gasteiger partial charge in [-0.2, -0.15) is 13.2 Å². The highest BCUT2D eigenvalue weighted by Gasteiger charge is 2.38. The van der Waals surface area contributed by atoms with Crippen molar-refractivity contribution in [2.75, 3.05) is 12.4 Å². The largest absolute Gasteiger partial charge is 0.471 e. The van der Waals surface area contributed by atoms with Gasteiger partial charge in [0.1, 0.15) is 0 Å². The van der Waals surface area contributed by atoms with Crippen LogP contribution >= 0.6 is 11.9 Å². The molecule has 0 heterocycles. The third kappa shape index (κ3) is 3.74. The van der Waals surface area contributed by atoms with Crippen LogP contribution in [-0.2, 0) is 4.79 Å². The van der Waals surface area contributed by atoms with Crippen molar-refractivity contribution < 1.29 is 18.0 Å². The van der Waals surface area contributed by atoms with Crippen molar-refractivity contribution in [2.24, 2.45) is 0 Å². The topological polar surface area (TPSA) is 41.1 Å². The molecule has 1 aromatic rings. The van der Waals surface area contributed by atoms with Crippen molar-refractivity contribution in [1.82, 2.24) is 4.72 Å². The molecule has 1 rings (SSSR count). The molecule has 0 aliphatic carbocycles. The molecule has 0 aliphatic heterocycles. The molecule has 0 aliphatic rings. The standard InChI is InChI=1S/C9H9F3N2OS/c1-13-16-7-4-2-6(3-5-7)14-8(15)9(10,11)12/h2-5,13H,1H3,(H,14,15). The predicted octanol–water partition coefficient (Wildman–Crippen LogP) is 2.41. The SMILES string of the molecule is CNSc1ccc(NC(=O)C(F)(F)F)cc1. The molecule has 0 radical (unpaired) electrons. The van der Waals surface area contributed by atoms with Crippen LogP contribution in [0.5, 0.6) is 0 Å². The number of rotatable bonds is 3. The number of hydrogen-bond acceptors (Lipinski definition) is 3. The first-order chi connectivity index (χ1) is 7.43. The van der Waals surface area contributed by atoms with E-state index in [-0.39, 0.29) is 5.69 Å². The maximum Gasteiger partial charge on any atom is 0.471 e. The summed E-state index contributed by atoms with van der Waals surface area (Å²) in [7, 11) is 1.73. The van der Waals surface area contributed by atoms with Crippen LogP contribution in [0.3, 0.4) is 0 Å². The van der Waals surface area contributed by atoms with Crippen molar-refractivity contribution in [3.8, 4) is 0 Å². The van der Waals surface area contributed by atoms with Crippen LogP contribution in [-0.4, -0.2) is 19.1 Å². The van der Waals surface area contributed by atoms with Crippen molar-refractivity contribution in [3.05, 3.63) is 24.3 Å². The molecule has 0 aromatic heterocycles. The van der Waals surface area contributed by atoms with Gasteiger partial charge in [0, 0.05) is 10.6 Å². The number of carbonyl (C=O) groups is 1. The first-order valence-corrected chi connectivity index (χ1v) is 5.07. The van der Waals surface area contributed by atoms with E-state index in [1.165, 1.54) is 24.1 Å². The Bertz CT molecular complexity index is 364. The lowest BCUT2D eigenvalue weighted by atomic mass is 10.3. The summed E-state index contributed by atoms with van der Waals surface area (Å²) in [5.74, 6) is -1.97. The van der Waals surface area contributed by atoms with Gasteiger partial charge >= 0.3 is 12.1 Å². The highest BCUT2D eigenvalue weighted by molar-refractivity contribution is 7.97. The van der Waals surface area contributed by atoms with Crippen LogP contribution < -0.4 is 10.0 Å². The van der Waals surface area contributed by atoms with E-state index in [0.29, 0.717) is 0 Å². The lowest BCUT2D eigenvalue weighted by Crippen LogP contribution is -2.29. The van der Waals surface area contributed by atoms with Crippen LogP contribution in [0.4, 0.5) is 18.9 Å². The Kier molecular flexibility index (Phi) is 4.19. The number of carbonyl (C=O) groups excluding carboxylic acids is 1. The molecule has 7 heteroatoms. The first-order valence-electron chi connectivity index (χ1n) is 4.25. The molecule has 2 N–H and O–H groups in total. The number of anilines is 1. The van der Waals surface area contributed by atoms with Crippen LogP contribution in [0.1, 0.15) is 0 Å². The fourth-order valence-electron chi connectivity index (χ4n) is 0.926. The zero-order valence-corrected chi connectivity index (χ0v) is 9.08. The van der Waals surface area contributed by atoms with Gasteiger partial charge in [-0.05, 0) is 43.3 Å². The molecule has 1 amide bonds. The second-order valence-corrected chi connectivity index (χ2v) is 3.87. The second kappa shape index (κ2) is 5.22. The van der Waals surface area contributed by atoms with Gasteiger partial charge in [0.25, 0.3) is 0 Å². The number of nitrogens with one attached hydrogen (secondary N) is 2. The fourth-order valence-corrected chi connectivity index (χ4v) is 1.43. The van der Waals surface area contributed by atoms with Gasteiger partial charge in [-0.1, -0.05) is 0 Å². The molecular formula is C9H9F3N2OS. The summed E-state index contributed by atoms with van der Waals surface area (Å²) in [5, 5.41) is 1.76. The Morgan fingerprint density at radius 1 is 1.25 bits per heavy atom. The van der Waals surface area contributed by atoms with Gasteiger partial charge in [0.05, 0.1) is 0 Å². The quantitative estimate of drug-likeness (QED) is 0.809. The average molecular weight is 250 g/mol. The summed E-state index contributed by atoms with van der Waals surface area (Å²) in [4.78, 5) is 11.4. The van der Waals surface area contributed by atoms with Gasteiger partial charge in [0.15, 0.2) is 0 Å². The summed E-state index contributed by atoms with van der Waals surface area (Å²) in [6.45, 7) is 0. The van der Waals surface area contributed by atoms with Crippen molar-refractivity contribution in [1.29, 1.82) is 0 Å². The number of benzene rings is 1. The zero-order chi connectivity index (χ0) is 12.2. The van der Waals surface area contributed by atoms with E-state index in [9.17, 15) is 18.0 Å². The van der Waals surface area contributed by atoms with E-state index in [1.54, 1.807) is 24.5 Å². The molecular weight excluding hydrogens is 241 g/mol. The molecule has 88 valence electrons. The van der Waals surface area contributed by atoms with Crippen LogP contribution in [0.2, 0.25) is 0 Å².